The molecule has 4 heterocycles. The molecule has 2 aliphatic rings. The highest BCUT2D eigenvalue weighted by molar-refractivity contribution is 7.13. The number of likely N-dealkylation sites (tertiary alicyclic amines) is 1. The van der Waals surface area contributed by atoms with E-state index < -0.39 is 0 Å². The minimum atomic E-state index is 0.0394. The average molecular weight is 423 g/mol. The van der Waals surface area contributed by atoms with Gasteiger partial charge in [-0.3, -0.25) is 4.79 Å². The van der Waals surface area contributed by atoms with Gasteiger partial charge in [-0.25, -0.2) is 9.97 Å². The number of nitrogens with zero attached hydrogens (tertiary/aromatic N) is 3. The third kappa shape index (κ3) is 3.95. The van der Waals surface area contributed by atoms with Crippen LogP contribution in [0.15, 0.2) is 48.0 Å². The number of ether oxygens (including phenoxy) is 2. The number of pyridine rings is 1. The molecule has 7 nitrogen and oxygen atoms in total. The second-order valence-corrected chi connectivity index (χ2v) is 8.23. The van der Waals surface area contributed by atoms with Crippen LogP contribution < -0.4 is 14.8 Å². The quantitative estimate of drug-likeness (QED) is 0.683. The van der Waals surface area contributed by atoms with Gasteiger partial charge in [0.05, 0.1) is 0 Å². The van der Waals surface area contributed by atoms with Crippen molar-refractivity contribution in [2.45, 2.75) is 18.8 Å². The van der Waals surface area contributed by atoms with Crippen molar-refractivity contribution in [1.29, 1.82) is 0 Å². The van der Waals surface area contributed by atoms with Gasteiger partial charge in [-0.1, -0.05) is 6.07 Å². The first-order valence-corrected chi connectivity index (χ1v) is 11.0. The van der Waals surface area contributed by atoms with E-state index in [9.17, 15) is 4.79 Å². The molecule has 3 aromatic rings. The number of fused-ring (bicyclic) bond motifs is 1. The van der Waals surface area contributed by atoms with E-state index >= 15 is 0 Å². The normalized spacial score (nSPS) is 16.3. The molecule has 0 bridgehead atoms. The van der Waals surface area contributed by atoms with Crippen LogP contribution in [0.4, 0.5) is 10.9 Å². The molecule has 5 rings (SSSR count). The number of amides is 1. The van der Waals surface area contributed by atoms with Crippen LogP contribution in [0.5, 0.6) is 11.5 Å². The number of rotatable bonds is 4. The van der Waals surface area contributed by atoms with Crippen molar-refractivity contribution < 1.29 is 14.3 Å². The van der Waals surface area contributed by atoms with Crippen LogP contribution in [0.25, 0.3) is 0 Å². The Morgan fingerprint density at radius 2 is 1.93 bits per heavy atom. The lowest BCUT2D eigenvalue weighted by atomic mass is 9.92. The van der Waals surface area contributed by atoms with Gasteiger partial charge >= 0.3 is 0 Å². The summed E-state index contributed by atoms with van der Waals surface area (Å²) in [5.41, 5.74) is 1.70. The van der Waals surface area contributed by atoms with Gasteiger partial charge in [0.1, 0.15) is 19.0 Å². The minimum Gasteiger partial charge on any atom is -0.486 e. The number of hydrogen-bond acceptors (Lipinski definition) is 7. The van der Waals surface area contributed by atoms with Crippen molar-refractivity contribution in [3.05, 3.63) is 59.2 Å². The van der Waals surface area contributed by atoms with Crippen LogP contribution >= 0.6 is 11.3 Å². The fourth-order valence-corrected chi connectivity index (χ4v) is 4.42. The standard InChI is InChI=1S/C22H22N4O3S/c27-21(16-4-5-18-19(14-16)29-12-11-28-18)26-9-6-15(7-10-26)17-2-1-3-20(24-17)25-22-23-8-13-30-22/h1-5,8,13-15H,6-7,9-12H2,(H,23,24,25). The lowest BCUT2D eigenvalue weighted by Crippen LogP contribution is -2.38. The summed E-state index contributed by atoms with van der Waals surface area (Å²) in [6, 6.07) is 11.5. The Labute approximate surface area is 178 Å². The number of hydrogen-bond donors (Lipinski definition) is 1. The summed E-state index contributed by atoms with van der Waals surface area (Å²) in [4.78, 5) is 23.9. The molecular formula is C22H22N4O3S. The van der Waals surface area contributed by atoms with E-state index in [1.54, 1.807) is 23.6 Å². The molecule has 0 spiro atoms. The molecular weight excluding hydrogens is 400 g/mol. The second-order valence-electron chi connectivity index (χ2n) is 7.33. The largest absolute Gasteiger partial charge is 0.486 e. The molecule has 30 heavy (non-hydrogen) atoms. The Morgan fingerprint density at radius 1 is 1.10 bits per heavy atom. The Kier molecular flexibility index (Phi) is 5.23. The number of piperidine rings is 1. The zero-order valence-corrected chi connectivity index (χ0v) is 17.2. The SMILES string of the molecule is O=C(c1ccc2c(c1)OCCO2)N1CCC(c2cccc(Nc3nccs3)n2)CC1. The van der Waals surface area contributed by atoms with Crippen LogP contribution in [0, 0.1) is 0 Å². The van der Waals surface area contributed by atoms with Crippen molar-refractivity contribution >= 4 is 28.2 Å². The molecule has 0 aliphatic carbocycles. The fraction of sp³-hybridized carbons (Fsp3) is 0.318. The zero-order valence-electron chi connectivity index (χ0n) is 16.4. The first-order valence-electron chi connectivity index (χ1n) is 10.1. The highest BCUT2D eigenvalue weighted by atomic mass is 32.1. The molecule has 0 saturated carbocycles. The van der Waals surface area contributed by atoms with Gasteiger partial charge in [0.15, 0.2) is 16.6 Å². The molecule has 2 aliphatic heterocycles. The summed E-state index contributed by atoms with van der Waals surface area (Å²) >= 11 is 1.55. The average Bonchev–Trinajstić information content (AvgIpc) is 3.31. The van der Waals surface area contributed by atoms with Gasteiger partial charge in [-0.05, 0) is 43.2 Å². The van der Waals surface area contributed by atoms with E-state index in [1.165, 1.54) is 0 Å². The van der Waals surface area contributed by atoms with Crippen LogP contribution in [0.3, 0.4) is 0 Å². The van der Waals surface area contributed by atoms with Crippen molar-refractivity contribution in [1.82, 2.24) is 14.9 Å². The van der Waals surface area contributed by atoms with Crippen molar-refractivity contribution in [2.24, 2.45) is 0 Å². The molecule has 1 N–H and O–H groups in total. The Hall–Kier alpha value is -3.13. The summed E-state index contributed by atoms with van der Waals surface area (Å²) in [5, 5.41) is 6.01. The summed E-state index contributed by atoms with van der Waals surface area (Å²) in [6.45, 7) is 2.48. The van der Waals surface area contributed by atoms with Gasteiger partial charge in [-0.2, -0.15) is 0 Å². The predicted octanol–water partition coefficient (Wildman–Crippen LogP) is 4.07. The topological polar surface area (TPSA) is 76.6 Å². The Morgan fingerprint density at radius 3 is 2.73 bits per heavy atom. The highest BCUT2D eigenvalue weighted by Crippen LogP contribution is 2.33. The van der Waals surface area contributed by atoms with Gasteiger partial charge < -0.3 is 19.7 Å². The molecule has 0 radical (unpaired) electrons. The summed E-state index contributed by atoms with van der Waals surface area (Å²) in [5.74, 6) is 2.53. The van der Waals surface area contributed by atoms with E-state index in [4.69, 9.17) is 14.5 Å². The predicted molar refractivity (Wildman–Crippen MR) is 115 cm³/mol. The molecule has 2 aromatic heterocycles. The van der Waals surface area contributed by atoms with Gasteiger partial charge in [0.2, 0.25) is 0 Å². The maximum absolute atomic E-state index is 13.0. The lowest BCUT2D eigenvalue weighted by molar-refractivity contribution is 0.0711. The van der Waals surface area contributed by atoms with Crippen molar-refractivity contribution in [3.63, 3.8) is 0 Å². The first-order chi connectivity index (χ1) is 14.8. The smallest absolute Gasteiger partial charge is 0.253 e. The Bertz CT molecular complexity index is 1030. The van der Waals surface area contributed by atoms with E-state index in [2.05, 4.69) is 16.4 Å². The van der Waals surface area contributed by atoms with Crippen LogP contribution in [-0.2, 0) is 0 Å². The second kappa shape index (κ2) is 8.31. The van der Waals surface area contributed by atoms with Gasteiger partial charge in [0.25, 0.3) is 5.91 Å². The van der Waals surface area contributed by atoms with E-state index in [-0.39, 0.29) is 5.91 Å². The minimum absolute atomic E-state index is 0.0394. The zero-order chi connectivity index (χ0) is 20.3. The molecule has 1 amide bonds. The molecule has 8 heteroatoms. The molecule has 0 unspecified atom stereocenters. The Balaban J connectivity index is 1.23. The lowest BCUT2D eigenvalue weighted by Gasteiger charge is -2.32. The van der Waals surface area contributed by atoms with Gasteiger partial charge in [-0.15, -0.1) is 11.3 Å². The monoisotopic (exact) mass is 422 g/mol. The van der Waals surface area contributed by atoms with Crippen LogP contribution in [0.2, 0.25) is 0 Å². The fourth-order valence-electron chi connectivity index (χ4n) is 3.88. The van der Waals surface area contributed by atoms with E-state index in [1.807, 2.05) is 34.5 Å². The molecule has 1 saturated heterocycles. The molecule has 154 valence electrons. The maximum atomic E-state index is 13.0. The first kappa shape index (κ1) is 18.9. The number of carbonyl (C=O) groups is 1. The third-order valence-electron chi connectivity index (χ3n) is 5.43. The van der Waals surface area contributed by atoms with Crippen molar-refractivity contribution in [3.8, 4) is 11.5 Å². The molecule has 1 fully saturated rings. The van der Waals surface area contributed by atoms with Gasteiger partial charge in [0, 0.05) is 41.8 Å². The van der Waals surface area contributed by atoms with Crippen LogP contribution in [-0.4, -0.2) is 47.1 Å². The number of thiazole rings is 1. The van der Waals surface area contributed by atoms with Crippen molar-refractivity contribution in [2.75, 3.05) is 31.6 Å². The highest BCUT2D eigenvalue weighted by Gasteiger charge is 2.26. The van der Waals surface area contributed by atoms with E-state index in [0.29, 0.717) is 49.3 Å². The summed E-state index contributed by atoms with van der Waals surface area (Å²) in [6.07, 6.45) is 3.55. The number of anilines is 2. The number of carbonyl (C=O) groups excluding carboxylic acids is 1. The number of nitrogens with one attached hydrogen (secondary N) is 1. The summed E-state index contributed by atoms with van der Waals surface area (Å²) < 4.78 is 11.2. The number of benzene rings is 1. The maximum Gasteiger partial charge on any atom is 0.253 e. The number of aromatic nitrogens is 2. The molecule has 1 aromatic carbocycles. The summed E-state index contributed by atoms with van der Waals surface area (Å²) in [7, 11) is 0. The molecule has 0 atom stereocenters. The third-order valence-corrected chi connectivity index (χ3v) is 6.12. The van der Waals surface area contributed by atoms with E-state index in [0.717, 1.165) is 29.5 Å². The van der Waals surface area contributed by atoms with Crippen LogP contribution in [0.1, 0.15) is 34.8 Å².